The summed E-state index contributed by atoms with van der Waals surface area (Å²) in [6, 6.07) is 3.49. The van der Waals surface area contributed by atoms with Crippen LogP contribution < -0.4 is 0 Å². The molecule has 0 atom stereocenters. The van der Waals surface area contributed by atoms with Crippen molar-refractivity contribution in [3.05, 3.63) is 33.9 Å². The third-order valence-electron chi connectivity index (χ3n) is 1.58. The van der Waals surface area contributed by atoms with Crippen molar-refractivity contribution >= 4 is 11.5 Å². The first kappa shape index (κ1) is 9.18. The van der Waals surface area contributed by atoms with Crippen molar-refractivity contribution in [3.8, 4) is 5.75 Å². The molecule has 0 amide bonds. The minimum Gasteiger partial charge on any atom is -0.502 e. The van der Waals surface area contributed by atoms with Crippen LogP contribution in [0.2, 0.25) is 0 Å². The monoisotopic (exact) mass is 181 g/mol. The van der Waals surface area contributed by atoms with E-state index >= 15 is 0 Å². The average molecular weight is 181 g/mol. The van der Waals surface area contributed by atoms with Crippen LogP contribution in [0.3, 0.4) is 0 Å². The Morgan fingerprint density at radius 2 is 2.15 bits per heavy atom. The van der Waals surface area contributed by atoms with Crippen LogP contribution >= 0.6 is 0 Å². The molecular weight excluding hydrogens is 174 g/mol. The van der Waals surface area contributed by atoms with Crippen molar-refractivity contribution in [1.82, 2.24) is 0 Å². The molecule has 68 valence electrons. The van der Waals surface area contributed by atoms with E-state index in [-0.39, 0.29) is 11.3 Å². The maximum Gasteiger partial charge on any atom is 0.310 e. The van der Waals surface area contributed by atoms with Crippen LogP contribution in [0.5, 0.6) is 5.75 Å². The molecule has 0 aliphatic rings. The van der Waals surface area contributed by atoms with Crippen LogP contribution in [0.25, 0.3) is 0 Å². The molecule has 1 N–H and O–H groups in total. The Hall–Kier alpha value is -1.91. The maximum atomic E-state index is 10.8. The summed E-state index contributed by atoms with van der Waals surface area (Å²) < 4.78 is 0. The largest absolute Gasteiger partial charge is 0.502 e. The molecule has 0 saturated carbocycles. The van der Waals surface area contributed by atoms with Crippen molar-refractivity contribution in [1.29, 1.82) is 0 Å². The van der Waals surface area contributed by atoms with E-state index in [0.717, 1.165) is 12.1 Å². The summed E-state index contributed by atoms with van der Waals surface area (Å²) >= 11 is 0. The van der Waals surface area contributed by atoms with Gasteiger partial charge in [-0.25, -0.2) is 0 Å². The highest BCUT2D eigenvalue weighted by Gasteiger charge is 2.13. The van der Waals surface area contributed by atoms with Crippen LogP contribution in [0.1, 0.15) is 17.3 Å². The number of hydrogen-bond donors (Lipinski definition) is 1. The Labute approximate surface area is 73.8 Å². The molecule has 0 saturated heterocycles. The van der Waals surface area contributed by atoms with Gasteiger partial charge < -0.3 is 5.11 Å². The first-order valence-electron chi connectivity index (χ1n) is 3.50. The number of aromatic hydroxyl groups is 1. The Balaban J connectivity index is 3.20. The number of Topliss-reactive ketones (excluding diaryl/α,β-unsaturated/α-hetero) is 1. The zero-order valence-corrected chi connectivity index (χ0v) is 6.85. The Morgan fingerprint density at radius 1 is 1.54 bits per heavy atom. The van der Waals surface area contributed by atoms with Gasteiger partial charge in [0.1, 0.15) is 0 Å². The number of carbonyl (C=O) groups is 1. The summed E-state index contributed by atoms with van der Waals surface area (Å²) in [4.78, 5) is 20.4. The van der Waals surface area contributed by atoms with Crippen molar-refractivity contribution in [2.45, 2.75) is 6.92 Å². The van der Waals surface area contributed by atoms with Gasteiger partial charge >= 0.3 is 5.69 Å². The van der Waals surface area contributed by atoms with Crippen LogP contribution in [0, 0.1) is 10.1 Å². The van der Waals surface area contributed by atoms with E-state index < -0.39 is 16.4 Å². The molecule has 0 heterocycles. The van der Waals surface area contributed by atoms with E-state index in [1.807, 2.05) is 0 Å². The number of carbonyl (C=O) groups excluding carboxylic acids is 1. The molecule has 0 aromatic heterocycles. The zero-order chi connectivity index (χ0) is 10.0. The lowest BCUT2D eigenvalue weighted by atomic mass is 10.1. The quantitative estimate of drug-likeness (QED) is 0.426. The second-order valence-corrected chi connectivity index (χ2v) is 2.52. The third kappa shape index (κ3) is 1.81. The number of rotatable bonds is 2. The smallest absolute Gasteiger partial charge is 0.310 e. The molecule has 0 fully saturated rings. The third-order valence-corrected chi connectivity index (χ3v) is 1.58. The minimum absolute atomic E-state index is 0.245. The second kappa shape index (κ2) is 3.22. The molecule has 1 aromatic carbocycles. The fourth-order valence-corrected chi connectivity index (χ4v) is 0.897. The first-order valence-corrected chi connectivity index (χ1v) is 3.50. The summed E-state index contributed by atoms with van der Waals surface area (Å²) in [6.45, 7) is 1.32. The zero-order valence-electron chi connectivity index (χ0n) is 6.85. The molecule has 0 radical (unpaired) electrons. The van der Waals surface area contributed by atoms with Crippen LogP contribution in [0.15, 0.2) is 18.2 Å². The van der Waals surface area contributed by atoms with Crippen LogP contribution in [-0.2, 0) is 0 Å². The number of benzene rings is 1. The van der Waals surface area contributed by atoms with Gasteiger partial charge in [0.25, 0.3) is 0 Å². The molecule has 5 heteroatoms. The Bertz CT molecular complexity index is 372. The van der Waals surface area contributed by atoms with Gasteiger partial charge in [0.15, 0.2) is 11.5 Å². The standard InChI is InChI=1S/C8H7NO4/c1-5(10)6-2-3-7(9(12)13)8(11)4-6/h2-4,11H,1H3. The highest BCUT2D eigenvalue weighted by molar-refractivity contribution is 5.94. The molecule has 0 bridgehead atoms. The van der Waals surface area contributed by atoms with Gasteiger partial charge in [-0.3, -0.25) is 14.9 Å². The highest BCUT2D eigenvalue weighted by Crippen LogP contribution is 2.26. The lowest BCUT2D eigenvalue weighted by molar-refractivity contribution is -0.385. The van der Waals surface area contributed by atoms with Gasteiger partial charge in [-0.05, 0) is 19.1 Å². The Kier molecular flexibility index (Phi) is 2.27. The van der Waals surface area contributed by atoms with Gasteiger partial charge in [-0.2, -0.15) is 0 Å². The fraction of sp³-hybridized carbons (Fsp3) is 0.125. The summed E-state index contributed by atoms with van der Waals surface area (Å²) in [6.07, 6.45) is 0. The molecule has 0 spiro atoms. The minimum atomic E-state index is -0.709. The lowest BCUT2D eigenvalue weighted by Crippen LogP contribution is -1.94. The van der Waals surface area contributed by atoms with E-state index in [0.29, 0.717) is 0 Å². The number of hydrogen-bond acceptors (Lipinski definition) is 4. The number of nitro benzene ring substituents is 1. The maximum absolute atomic E-state index is 10.8. The predicted molar refractivity (Wildman–Crippen MR) is 44.8 cm³/mol. The van der Waals surface area contributed by atoms with Gasteiger partial charge in [0.2, 0.25) is 0 Å². The first-order chi connectivity index (χ1) is 6.02. The van der Waals surface area contributed by atoms with Gasteiger partial charge in [-0.1, -0.05) is 0 Å². The summed E-state index contributed by atoms with van der Waals surface area (Å²) in [7, 11) is 0. The Morgan fingerprint density at radius 3 is 2.54 bits per heavy atom. The molecule has 13 heavy (non-hydrogen) atoms. The van der Waals surface area contributed by atoms with E-state index in [9.17, 15) is 14.9 Å². The van der Waals surface area contributed by atoms with Crippen LogP contribution in [-0.4, -0.2) is 15.8 Å². The molecule has 1 rings (SSSR count). The number of ketones is 1. The van der Waals surface area contributed by atoms with Crippen molar-refractivity contribution < 1.29 is 14.8 Å². The molecule has 0 aliphatic carbocycles. The molecule has 1 aromatic rings. The number of nitrogens with zero attached hydrogens (tertiary/aromatic N) is 1. The molecule has 0 unspecified atom stereocenters. The summed E-state index contributed by atoms with van der Waals surface area (Å²) in [5.41, 5.74) is -0.145. The van der Waals surface area contributed by atoms with E-state index in [2.05, 4.69) is 0 Å². The number of phenols is 1. The van der Waals surface area contributed by atoms with E-state index in [1.165, 1.54) is 13.0 Å². The summed E-state index contributed by atoms with van der Waals surface area (Å²) in [5.74, 6) is -0.733. The van der Waals surface area contributed by atoms with Gasteiger partial charge in [-0.15, -0.1) is 0 Å². The lowest BCUT2D eigenvalue weighted by Gasteiger charge is -1.97. The second-order valence-electron chi connectivity index (χ2n) is 2.52. The van der Waals surface area contributed by atoms with Gasteiger partial charge in [0.05, 0.1) is 4.92 Å². The topological polar surface area (TPSA) is 80.4 Å². The number of nitro groups is 1. The van der Waals surface area contributed by atoms with Crippen molar-refractivity contribution in [2.24, 2.45) is 0 Å². The van der Waals surface area contributed by atoms with Crippen LogP contribution in [0.4, 0.5) is 5.69 Å². The molecule has 0 aliphatic heterocycles. The molecule has 5 nitrogen and oxygen atoms in total. The SMILES string of the molecule is CC(=O)c1ccc([N+](=O)[O-])c(O)c1. The fourth-order valence-electron chi connectivity index (χ4n) is 0.897. The predicted octanol–water partition coefficient (Wildman–Crippen LogP) is 1.50. The normalized spacial score (nSPS) is 9.62. The van der Waals surface area contributed by atoms with Gasteiger partial charge in [0, 0.05) is 11.6 Å². The summed E-state index contributed by atoms with van der Waals surface area (Å²) in [5, 5.41) is 19.4. The average Bonchev–Trinajstić information content (AvgIpc) is 2.03. The van der Waals surface area contributed by atoms with Crippen molar-refractivity contribution in [2.75, 3.05) is 0 Å². The van der Waals surface area contributed by atoms with E-state index in [1.54, 1.807) is 0 Å². The number of phenolic OH excluding ortho intramolecular Hbond substituents is 1. The highest BCUT2D eigenvalue weighted by atomic mass is 16.6. The van der Waals surface area contributed by atoms with Crippen molar-refractivity contribution in [3.63, 3.8) is 0 Å². The molecular formula is C8H7NO4. The van der Waals surface area contributed by atoms with E-state index in [4.69, 9.17) is 5.11 Å².